The lowest BCUT2D eigenvalue weighted by atomic mass is 10.4. The number of carbonyl (C=O) groups excluding carboxylic acids is 2. The predicted octanol–water partition coefficient (Wildman–Crippen LogP) is -0.283. The number of ether oxygens (including phenoxy) is 1. The Morgan fingerprint density at radius 1 is 1.38 bits per heavy atom. The van der Waals surface area contributed by atoms with Crippen molar-refractivity contribution in [2.24, 2.45) is 0 Å². The van der Waals surface area contributed by atoms with Crippen LogP contribution in [0.1, 0.15) is 13.3 Å². The zero-order valence-corrected chi connectivity index (χ0v) is 7.02. The Morgan fingerprint density at radius 3 is 2.46 bits per heavy atom. The van der Waals surface area contributed by atoms with Crippen molar-refractivity contribution in [3.8, 4) is 0 Å². The first kappa shape index (κ1) is 11.3. The van der Waals surface area contributed by atoms with Crippen molar-refractivity contribution >= 4 is 11.8 Å². The van der Waals surface area contributed by atoms with Crippen molar-refractivity contribution in [1.29, 1.82) is 0 Å². The normalized spacial score (nSPS) is 9.00. The molecule has 13 heavy (non-hydrogen) atoms. The molecule has 0 atom stereocenters. The summed E-state index contributed by atoms with van der Waals surface area (Å²) in [5, 5.41) is 8.69. The molecule has 0 saturated heterocycles. The van der Waals surface area contributed by atoms with Crippen molar-refractivity contribution in [3.63, 3.8) is 0 Å². The van der Waals surface area contributed by atoms with Gasteiger partial charge in [-0.25, -0.2) is 4.79 Å². The van der Waals surface area contributed by atoms with Gasteiger partial charge in [-0.05, 0) is 0 Å². The van der Waals surface area contributed by atoms with Gasteiger partial charge in [0.05, 0.1) is 13.2 Å². The molecule has 0 aliphatic heterocycles. The minimum Gasteiger partial charge on any atom is -0.460 e. The molecule has 0 N–H and O–H groups in total. The smallest absolute Gasteiger partial charge is 0.374 e. The van der Waals surface area contributed by atoms with Crippen LogP contribution in [-0.2, 0) is 19.2 Å². The van der Waals surface area contributed by atoms with Crippen LogP contribution in [0.5, 0.6) is 0 Å². The molecule has 7 heteroatoms. The van der Waals surface area contributed by atoms with Crippen molar-refractivity contribution in [2.45, 2.75) is 13.3 Å². The molecule has 0 heterocycles. The lowest BCUT2D eigenvalue weighted by Crippen LogP contribution is -2.15. The third-order valence-corrected chi connectivity index (χ3v) is 1.01. The first-order chi connectivity index (χ1) is 6.04. The number of ketones is 1. The van der Waals surface area contributed by atoms with Gasteiger partial charge < -0.3 is 9.57 Å². The molecule has 0 spiro atoms. The highest BCUT2D eigenvalue weighted by atomic mass is 16.9. The fraction of sp³-hybridized carbons (Fsp3) is 0.667. The van der Waals surface area contributed by atoms with Gasteiger partial charge in [-0.15, -0.1) is 10.1 Å². The molecule has 0 saturated carbocycles. The highest BCUT2D eigenvalue weighted by Crippen LogP contribution is 1.87. The van der Waals surface area contributed by atoms with Crippen molar-refractivity contribution in [3.05, 3.63) is 10.1 Å². The molecule has 0 bridgehead atoms. The molecule has 0 aromatic carbocycles. The van der Waals surface area contributed by atoms with Crippen LogP contribution in [-0.4, -0.2) is 30.1 Å². The summed E-state index contributed by atoms with van der Waals surface area (Å²) >= 11 is 0. The number of Topliss-reactive ketones (excluding diaryl/α,β-unsaturated/α-hetero) is 1. The molecule has 0 amide bonds. The van der Waals surface area contributed by atoms with E-state index in [1.165, 1.54) is 0 Å². The molecule has 7 nitrogen and oxygen atoms in total. The Kier molecular flexibility index (Phi) is 5.17. The van der Waals surface area contributed by atoms with E-state index in [2.05, 4.69) is 9.57 Å². The zero-order valence-electron chi connectivity index (χ0n) is 7.02. The van der Waals surface area contributed by atoms with Crippen molar-refractivity contribution < 1.29 is 24.3 Å². The summed E-state index contributed by atoms with van der Waals surface area (Å²) in [6.45, 7) is 0.861. The number of nitrogens with zero attached hydrogens (tertiary/aromatic N) is 1. The van der Waals surface area contributed by atoms with E-state index in [1.807, 2.05) is 0 Å². The first-order valence-corrected chi connectivity index (χ1v) is 3.49. The predicted molar refractivity (Wildman–Crippen MR) is 39.2 cm³/mol. The Hall–Kier alpha value is -1.66. The van der Waals surface area contributed by atoms with Crippen LogP contribution < -0.4 is 0 Å². The highest BCUT2D eigenvalue weighted by Gasteiger charge is 2.07. The van der Waals surface area contributed by atoms with Crippen LogP contribution >= 0.6 is 0 Å². The van der Waals surface area contributed by atoms with Crippen molar-refractivity contribution in [2.75, 3.05) is 13.2 Å². The number of esters is 1. The molecule has 0 rings (SSSR count). The van der Waals surface area contributed by atoms with Crippen LogP contribution in [0.3, 0.4) is 0 Å². The second-order valence-corrected chi connectivity index (χ2v) is 2.10. The fourth-order valence-electron chi connectivity index (χ4n) is 0.465. The van der Waals surface area contributed by atoms with Crippen LogP contribution in [0.4, 0.5) is 0 Å². The lowest BCUT2D eigenvalue weighted by molar-refractivity contribution is -0.757. The molecule has 0 radical (unpaired) electrons. The second kappa shape index (κ2) is 5.92. The van der Waals surface area contributed by atoms with Crippen LogP contribution in [0, 0.1) is 10.1 Å². The third kappa shape index (κ3) is 6.73. The van der Waals surface area contributed by atoms with Gasteiger partial charge in [-0.2, -0.15) is 0 Å². The van der Waals surface area contributed by atoms with Crippen LogP contribution in [0.2, 0.25) is 0 Å². The number of carbonyl (C=O) groups is 2. The summed E-state index contributed by atoms with van der Waals surface area (Å²) in [5.74, 6) is -1.64. The zero-order chi connectivity index (χ0) is 10.3. The summed E-state index contributed by atoms with van der Waals surface area (Å²) in [6, 6.07) is 0. The van der Waals surface area contributed by atoms with Gasteiger partial charge in [0.2, 0.25) is 5.78 Å². The standard InChI is InChI=1S/C6H9NO6/c1-5(8)6(9)12-3-2-4-13-7(10)11/h2-4H2,1H3. The van der Waals surface area contributed by atoms with Gasteiger partial charge in [0, 0.05) is 13.3 Å². The van der Waals surface area contributed by atoms with E-state index in [0.717, 1.165) is 6.92 Å². The molecular formula is C6H9NO6. The molecule has 0 aliphatic rings. The van der Waals surface area contributed by atoms with Gasteiger partial charge >= 0.3 is 5.97 Å². The molecule has 0 unspecified atom stereocenters. The van der Waals surface area contributed by atoms with E-state index in [0.29, 0.717) is 0 Å². The van der Waals surface area contributed by atoms with Gasteiger partial charge in [0.1, 0.15) is 0 Å². The Labute approximate surface area is 73.7 Å². The lowest BCUT2D eigenvalue weighted by Gasteiger charge is -2.00. The quantitative estimate of drug-likeness (QED) is 0.188. The maximum atomic E-state index is 10.5. The van der Waals surface area contributed by atoms with Gasteiger partial charge in [0.25, 0.3) is 5.09 Å². The maximum absolute atomic E-state index is 10.5. The molecule has 0 fully saturated rings. The largest absolute Gasteiger partial charge is 0.460 e. The molecule has 0 aromatic rings. The fourth-order valence-corrected chi connectivity index (χ4v) is 0.465. The van der Waals surface area contributed by atoms with E-state index in [4.69, 9.17) is 0 Å². The molecule has 74 valence electrons. The van der Waals surface area contributed by atoms with Crippen molar-refractivity contribution in [1.82, 2.24) is 0 Å². The number of hydrogen-bond acceptors (Lipinski definition) is 6. The van der Waals surface area contributed by atoms with Crippen LogP contribution in [0.25, 0.3) is 0 Å². The monoisotopic (exact) mass is 191 g/mol. The van der Waals surface area contributed by atoms with E-state index < -0.39 is 16.8 Å². The van der Waals surface area contributed by atoms with E-state index in [1.54, 1.807) is 0 Å². The number of hydrogen-bond donors (Lipinski definition) is 0. The number of rotatable bonds is 6. The van der Waals surface area contributed by atoms with Gasteiger partial charge in [0.15, 0.2) is 0 Å². The summed E-state index contributed by atoms with van der Waals surface area (Å²) in [7, 11) is 0. The average molecular weight is 191 g/mol. The van der Waals surface area contributed by atoms with Gasteiger partial charge in [-0.3, -0.25) is 4.79 Å². The Balaban J connectivity index is 3.31. The minimum atomic E-state index is -0.943. The summed E-state index contributed by atoms with van der Waals surface area (Å²) in [6.07, 6.45) is 0.181. The maximum Gasteiger partial charge on any atom is 0.374 e. The Bertz CT molecular complexity index is 213. The second-order valence-electron chi connectivity index (χ2n) is 2.10. The highest BCUT2D eigenvalue weighted by molar-refractivity contribution is 6.32. The molecule has 0 aliphatic carbocycles. The summed E-state index contributed by atoms with van der Waals surface area (Å²) < 4.78 is 4.39. The van der Waals surface area contributed by atoms with E-state index in [-0.39, 0.29) is 19.6 Å². The minimum absolute atomic E-state index is 0.0632. The SMILES string of the molecule is CC(=O)C(=O)OCCCO[N+](=O)[O-]. The Morgan fingerprint density at radius 2 is 2.00 bits per heavy atom. The van der Waals surface area contributed by atoms with E-state index in [9.17, 15) is 19.7 Å². The van der Waals surface area contributed by atoms with Crippen LogP contribution in [0.15, 0.2) is 0 Å². The van der Waals surface area contributed by atoms with E-state index >= 15 is 0 Å². The molecule has 0 aromatic heterocycles. The third-order valence-electron chi connectivity index (χ3n) is 1.01. The topological polar surface area (TPSA) is 95.7 Å². The average Bonchev–Trinajstić information content (AvgIpc) is 2.02. The first-order valence-electron chi connectivity index (χ1n) is 3.49. The summed E-state index contributed by atoms with van der Waals surface area (Å²) in [4.78, 5) is 34.4. The van der Waals surface area contributed by atoms with Gasteiger partial charge in [-0.1, -0.05) is 0 Å². The summed E-state index contributed by atoms with van der Waals surface area (Å²) in [5.41, 5.74) is 0. The molecular weight excluding hydrogens is 182 g/mol.